The Balaban J connectivity index is 1.54. The molecule has 1 aliphatic heterocycles. The summed E-state index contributed by atoms with van der Waals surface area (Å²) in [4.78, 5) is 14.7. The molecule has 0 spiro atoms. The predicted molar refractivity (Wildman–Crippen MR) is 119 cm³/mol. The minimum absolute atomic E-state index is 0.130. The lowest BCUT2D eigenvalue weighted by Gasteiger charge is -2.33. The Morgan fingerprint density at radius 3 is 2.00 bits per heavy atom. The van der Waals surface area contributed by atoms with Crippen LogP contribution in [0.1, 0.15) is 11.1 Å². The zero-order chi connectivity index (χ0) is 22.8. The summed E-state index contributed by atoms with van der Waals surface area (Å²) in [5.74, 6) is -0.238. The highest BCUT2D eigenvalue weighted by molar-refractivity contribution is 7.90. The van der Waals surface area contributed by atoms with Gasteiger partial charge in [0, 0.05) is 38.1 Å². The molecule has 0 aliphatic carbocycles. The Bertz CT molecular complexity index is 1170. The highest BCUT2D eigenvalue weighted by atomic mass is 32.2. The quantitative estimate of drug-likeness (QED) is 0.696. The summed E-state index contributed by atoms with van der Waals surface area (Å²) >= 11 is 0. The highest BCUT2D eigenvalue weighted by Gasteiger charge is 2.29. The van der Waals surface area contributed by atoms with Crippen molar-refractivity contribution in [2.45, 2.75) is 23.6 Å². The van der Waals surface area contributed by atoms with Gasteiger partial charge in [-0.3, -0.25) is 9.69 Å². The summed E-state index contributed by atoms with van der Waals surface area (Å²) in [6.45, 7) is 5.48. The molecule has 0 atom stereocenters. The van der Waals surface area contributed by atoms with Crippen molar-refractivity contribution in [2.24, 2.45) is 0 Å². The van der Waals surface area contributed by atoms with Crippen LogP contribution in [0, 0.1) is 13.8 Å². The third-order valence-corrected chi connectivity index (χ3v) is 8.40. The molecule has 8 nitrogen and oxygen atoms in total. The van der Waals surface area contributed by atoms with Gasteiger partial charge in [0.1, 0.15) is 0 Å². The molecule has 168 valence electrons. The number of nitrogens with zero attached hydrogens (tertiary/aromatic N) is 2. The zero-order valence-corrected chi connectivity index (χ0v) is 19.5. The molecule has 0 bridgehead atoms. The Morgan fingerprint density at radius 1 is 0.871 bits per heavy atom. The van der Waals surface area contributed by atoms with E-state index in [9.17, 15) is 21.6 Å². The summed E-state index contributed by atoms with van der Waals surface area (Å²) in [5.41, 5.74) is 2.48. The van der Waals surface area contributed by atoms with Crippen molar-refractivity contribution < 1.29 is 21.6 Å². The first-order valence-corrected chi connectivity index (χ1v) is 13.2. The zero-order valence-electron chi connectivity index (χ0n) is 17.8. The molecule has 1 saturated heterocycles. The monoisotopic (exact) mass is 465 g/mol. The normalized spacial score (nSPS) is 16.2. The molecule has 0 unspecified atom stereocenters. The molecule has 10 heteroatoms. The molecule has 3 rings (SSSR count). The SMILES string of the molecule is Cc1ccc(S(=O)(=O)N2CCN(CC(=O)Nc3ccc(S(C)(=O)=O)cc3)CC2)cc1C. The van der Waals surface area contributed by atoms with Crippen LogP contribution >= 0.6 is 0 Å². The van der Waals surface area contributed by atoms with Gasteiger partial charge in [0.2, 0.25) is 15.9 Å². The number of hydrogen-bond donors (Lipinski definition) is 1. The minimum atomic E-state index is -3.56. The molecule has 0 radical (unpaired) electrons. The summed E-state index contributed by atoms with van der Waals surface area (Å²) in [6, 6.07) is 11.1. The number of carbonyl (C=O) groups is 1. The van der Waals surface area contributed by atoms with E-state index in [4.69, 9.17) is 0 Å². The first-order chi connectivity index (χ1) is 14.5. The van der Waals surface area contributed by atoms with E-state index in [0.717, 1.165) is 17.4 Å². The average Bonchev–Trinajstić information content (AvgIpc) is 2.70. The van der Waals surface area contributed by atoms with Gasteiger partial charge in [-0.15, -0.1) is 0 Å². The number of benzene rings is 2. The van der Waals surface area contributed by atoms with Crippen LogP contribution in [0.25, 0.3) is 0 Å². The van der Waals surface area contributed by atoms with E-state index in [1.807, 2.05) is 24.8 Å². The van der Waals surface area contributed by atoms with Crippen LogP contribution in [0.5, 0.6) is 0 Å². The number of rotatable bonds is 6. The standard InChI is InChI=1S/C21H27N3O5S2/c1-16-4-7-20(14-17(16)2)31(28,29)24-12-10-23(11-13-24)15-21(25)22-18-5-8-19(9-6-18)30(3,26)27/h4-9,14H,10-13,15H2,1-3H3,(H,22,25). The second-order valence-electron chi connectivity index (χ2n) is 7.77. The molecule has 1 fully saturated rings. The van der Waals surface area contributed by atoms with Crippen molar-refractivity contribution in [3.8, 4) is 0 Å². The maximum absolute atomic E-state index is 12.9. The third-order valence-electron chi connectivity index (χ3n) is 5.38. The molecule has 0 aromatic heterocycles. The van der Waals surface area contributed by atoms with E-state index < -0.39 is 19.9 Å². The Hall–Kier alpha value is -2.27. The van der Waals surface area contributed by atoms with Crippen LogP contribution in [-0.2, 0) is 24.7 Å². The number of anilines is 1. The topological polar surface area (TPSA) is 104 Å². The fourth-order valence-electron chi connectivity index (χ4n) is 3.34. The first kappa shape index (κ1) is 23.4. The van der Waals surface area contributed by atoms with Gasteiger partial charge in [0.15, 0.2) is 9.84 Å². The van der Waals surface area contributed by atoms with Crippen LogP contribution in [0.3, 0.4) is 0 Å². The molecule has 31 heavy (non-hydrogen) atoms. The van der Waals surface area contributed by atoms with Crippen molar-refractivity contribution in [2.75, 3.05) is 44.3 Å². The van der Waals surface area contributed by atoms with Crippen LogP contribution in [-0.4, -0.2) is 70.9 Å². The molecule has 2 aromatic rings. The molecular weight excluding hydrogens is 438 g/mol. The van der Waals surface area contributed by atoms with Gasteiger partial charge in [0.25, 0.3) is 0 Å². The van der Waals surface area contributed by atoms with Gasteiger partial charge in [0.05, 0.1) is 16.3 Å². The van der Waals surface area contributed by atoms with Crippen molar-refractivity contribution in [3.05, 3.63) is 53.6 Å². The van der Waals surface area contributed by atoms with Crippen LogP contribution in [0.15, 0.2) is 52.3 Å². The number of amides is 1. The van der Waals surface area contributed by atoms with Crippen molar-refractivity contribution >= 4 is 31.5 Å². The molecule has 0 saturated carbocycles. The van der Waals surface area contributed by atoms with Gasteiger partial charge < -0.3 is 5.32 Å². The van der Waals surface area contributed by atoms with Gasteiger partial charge in [-0.1, -0.05) is 6.07 Å². The summed E-state index contributed by atoms with van der Waals surface area (Å²) in [7, 11) is -6.85. The van der Waals surface area contributed by atoms with Gasteiger partial charge in [-0.05, 0) is 61.4 Å². The number of aryl methyl sites for hydroxylation is 2. The average molecular weight is 466 g/mol. The number of sulfonamides is 1. The lowest BCUT2D eigenvalue weighted by molar-refractivity contribution is -0.117. The van der Waals surface area contributed by atoms with Crippen LogP contribution in [0.4, 0.5) is 5.69 Å². The largest absolute Gasteiger partial charge is 0.325 e. The van der Waals surface area contributed by atoms with E-state index in [2.05, 4.69) is 5.32 Å². The first-order valence-electron chi connectivity index (χ1n) is 9.86. The fraction of sp³-hybridized carbons (Fsp3) is 0.381. The maximum atomic E-state index is 12.9. The Kier molecular flexibility index (Phi) is 6.85. The van der Waals surface area contributed by atoms with E-state index in [-0.39, 0.29) is 17.3 Å². The maximum Gasteiger partial charge on any atom is 0.243 e. The summed E-state index contributed by atoms with van der Waals surface area (Å²) in [5, 5.41) is 2.74. The smallest absolute Gasteiger partial charge is 0.243 e. The molecule has 1 amide bonds. The second-order valence-corrected chi connectivity index (χ2v) is 11.7. The number of hydrogen-bond acceptors (Lipinski definition) is 6. The van der Waals surface area contributed by atoms with E-state index in [0.29, 0.717) is 36.8 Å². The molecule has 1 N–H and O–H groups in total. The fourth-order valence-corrected chi connectivity index (χ4v) is 5.48. The van der Waals surface area contributed by atoms with Crippen LogP contribution < -0.4 is 5.32 Å². The van der Waals surface area contributed by atoms with E-state index in [1.165, 1.54) is 16.4 Å². The van der Waals surface area contributed by atoms with Gasteiger partial charge >= 0.3 is 0 Å². The summed E-state index contributed by atoms with van der Waals surface area (Å²) < 4.78 is 50.3. The molecular formula is C21H27N3O5S2. The Labute approximate surface area is 183 Å². The highest BCUT2D eigenvalue weighted by Crippen LogP contribution is 2.20. The number of carbonyl (C=O) groups excluding carboxylic acids is 1. The Morgan fingerprint density at radius 2 is 1.45 bits per heavy atom. The van der Waals surface area contributed by atoms with Gasteiger partial charge in [-0.2, -0.15) is 4.31 Å². The van der Waals surface area contributed by atoms with Crippen molar-refractivity contribution in [3.63, 3.8) is 0 Å². The van der Waals surface area contributed by atoms with E-state index in [1.54, 1.807) is 24.3 Å². The second kappa shape index (κ2) is 9.07. The molecule has 1 aliphatic rings. The van der Waals surface area contributed by atoms with Crippen molar-refractivity contribution in [1.29, 1.82) is 0 Å². The predicted octanol–water partition coefficient (Wildman–Crippen LogP) is 1.65. The lowest BCUT2D eigenvalue weighted by atomic mass is 10.1. The number of piperazine rings is 1. The summed E-state index contributed by atoms with van der Waals surface area (Å²) in [6.07, 6.45) is 1.13. The minimum Gasteiger partial charge on any atom is -0.325 e. The third kappa shape index (κ3) is 5.70. The number of sulfone groups is 1. The molecule has 2 aromatic carbocycles. The van der Waals surface area contributed by atoms with Gasteiger partial charge in [-0.25, -0.2) is 16.8 Å². The van der Waals surface area contributed by atoms with Crippen LogP contribution in [0.2, 0.25) is 0 Å². The number of nitrogens with one attached hydrogen (secondary N) is 1. The van der Waals surface area contributed by atoms with E-state index >= 15 is 0 Å². The van der Waals surface area contributed by atoms with Crippen molar-refractivity contribution in [1.82, 2.24) is 9.21 Å². The molecule has 1 heterocycles. The lowest BCUT2D eigenvalue weighted by Crippen LogP contribution is -2.50.